The van der Waals surface area contributed by atoms with Crippen molar-refractivity contribution in [3.63, 3.8) is 0 Å². The summed E-state index contributed by atoms with van der Waals surface area (Å²) in [5.74, 6) is 1.15. The molecule has 134 valence electrons. The van der Waals surface area contributed by atoms with Gasteiger partial charge in [0.05, 0.1) is 17.8 Å². The maximum atomic E-state index is 11.2. The Balaban J connectivity index is 2.35. The Hall–Kier alpha value is -1.06. The molecule has 0 aliphatic rings. The SMILES string of the molecule is CCCC(CCC(C)C)C(C)(C)C(O)c1cc(Cl)cc2cn[nH]c12. The number of nitrogens with zero attached hydrogens (tertiary/aromatic N) is 1. The van der Waals surface area contributed by atoms with Gasteiger partial charge in [0.15, 0.2) is 0 Å². The molecule has 2 rings (SSSR count). The van der Waals surface area contributed by atoms with E-state index in [2.05, 4.69) is 44.8 Å². The van der Waals surface area contributed by atoms with E-state index in [-0.39, 0.29) is 5.41 Å². The van der Waals surface area contributed by atoms with Crippen molar-refractivity contribution in [2.24, 2.45) is 17.3 Å². The van der Waals surface area contributed by atoms with Crippen LogP contribution >= 0.6 is 11.6 Å². The number of nitrogens with one attached hydrogen (secondary N) is 1. The average Bonchev–Trinajstić information content (AvgIpc) is 2.97. The number of rotatable bonds is 8. The minimum absolute atomic E-state index is 0.229. The summed E-state index contributed by atoms with van der Waals surface area (Å²) in [6, 6.07) is 3.76. The largest absolute Gasteiger partial charge is 0.388 e. The monoisotopic (exact) mass is 350 g/mol. The Labute approximate surface area is 150 Å². The summed E-state index contributed by atoms with van der Waals surface area (Å²) in [6.07, 6.45) is 5.77. The molecule has 2 atom stereocenters. The number of aliphatic hydroxyl groups is 1. The van der Waals surface area contributed by atoms with Gasteiger partial charge in [-0.3, -0.25) is 5.10 Å². The molecular weight excluding hydrogens is 320 g/mol. The van der Waals surface area contributed by atoms with E-state index < -0.39 is 6.10 Å². The first-order valence-electron chi connectivity index (χ1n) is 9.07. The highest BCUT2D eigenvalue weighted by Gasteiger charge is 2.37. The van der Waals surface area contributed by atoms with Crippen LogP contribution < -0.4 is 0 Å². The van der Waals surface area contributed by atoms with Gasteiger partial charge in [0, 0.05) is 16.0 Å². The number of aromatic amines is 1. The zero-order valence-corrected chi connectivity index (χ0v) is 16.3. The Morgan fingerprint density at radius 2 is 1.92 bits per heavy atom. The summed E-state index contributed by atoms with van der Waals surface area (Å²) in [5, 5.41) is 20.0. The third-order valence-electron chi connectivity index (χ3n) is 5.33. The molecule has 0 amide bonds. The van der Waals surface area contributed by atoms with Gasteiger partial charge in [-0.1, -0.05) is 65.5 Å². The predicted octanol–water partition coefficient (Wildman–Crippen LogP) is 6.13. The van der Waals surface area contributed by atoms with Gasteiger partial charge in [-0.25, -0.2) is 0 Å². The number of H-pyrrole nitrogens is 1. The second kappa shape index (κ2) is 7.88. The van der Waals surface area contributed by atoms with Crippen molar-refractivity contribution in [1.82, 2.24) is 10.2 Å². The number of benzene rings is 1. The molecule has 3 nitrogen and oxygen atoms in total. The van der Waals surface area contributed by atoms with Crippen LogP contribution in [-0.4, -0.2) is 15.3 Å². The minimum Gasteiger partial charge on any atom is -0.388 e. The summed E-state index contributed by atoms with van der Waals surface area (Å²) in [5.41, 5.74) is 1.51. The van der Waals surface area contributed by atoms with Gasteiger partial charge in [0.2, 0.25) is 0 Å². The van der Waals surface area contributed by atoms with E-state index in [1.54, 1.807) is 6.20 Å². The summed E-state index contributed by atoms with van der Waals surface area (Å²) in [4.78, 5) is 0. The van der Waals surface area contributed by atoms with Crippen LogP contribution in [0.1, 0.15) is 72.0 Å². The van der Waals surface area contributed by atoms with Crippen molar-refractivity contribution < 1.29 is 5.11 Å². The number of halogens is 1. The lowest BCUT2D eigenvalue weighted by Crippen LogP contribution is -2.31. The molecule has 2 N–H and O–H groups in total. The van der Waals surface area contributed by atoms with E-state index in [1.807, 2.05) is 12.1 Å². The number of aliphatic hydroxyl groups excluding tert-OH is 1. The normalized spacial score (nSPS) is 15.2. The topological polar surface area (TPSA) is 48.9 Å². The molecule has 4 heteroatoms. The van der Waals surface area contributed by atoms with Gasteiger partial charge in [0.1, 0.15) is 0 Å². The lowest BCUT2D eigenvalue weighted by molar-refractivity contribution is -0.00302. The number of hydrogen-bond donors (Lipinski definition) is 2. The lowest BCUT2D eigenvalue weighted by atomic mass is 9.68. The van der Waals surface area contributed by atoms with Crippen LogP contribution in [0.2, 0.25) is 5.02 Å². The number of fused-ring (bicyclic) bond motifs is 1. The zero-order valence-electron chi connectivity index (χ0n) is 15.6. The molecule has 0 aliphatic heterocycles. The van der Waals surface area contributed by atoms with Crippen molar-refractivity contribution in [2.45, 2.75) is 66.4 Å². The molecule has 0 spiro atoms. The van der Waals surface area contributed by atoms with Crippen molar-refractivity contribution >= 4 is 22.5 Å². The highest BCUT2D eigenvalue weighted by atomic mass is 35.5. The van der Waals surface area contributed by atoms with E-state index in [0.29, 0.717) is 16.9 Å². The fraction of sp³-hybridized carbons (Fsp3) is 0.650. The van der Waals surface area contributed by atoms with Crippen LogP contribution in [0.15, 0.2) is 18.3 Å². The zero-order chi connectivity index (χ0) is 17.9. The van der Waals surface area contributed by atoms with Gasteiger partial charge >= 0.3 is 0 Å². The maximum Gasteiger partial charge on any atom is 0.0864 e. The highest BCUT2D eigenvalue weighted by molar-refractivity contribution is 6.31. The van der Waals surface area contributed by atoms with E-state index in [4.69, 9.17) is 11.6 Å². The molecule has 1 heterocycles. The van der Waals surface area contributed by atoms with Gasteiger partial charge in [-0.15, -0.1) is 0 Å². The Morgan fingerprint density at radius 1 is 1.21 bits per heavy atom. The molecule has 1 aromatic carbocycles. The van der Waals surface area contributed by atoms with E-state index in [9.17, 15) is 5.11 Å². The van der Waals surface area contributed by atoms with Crippen molar-refractivity contribution in [3.05, 3.63) is 28.9 Å². The maximum absolute atomic E-state index is 11.2. The highest BCUT2D eigenvalue weighted by Crippen LogP contribution is 2.46. The van der Waals surface area contributed by atoms with Gasteiger partial charge in [-0.2, -0.15) is 5.10 Å². The molecule has 0 fully saturated rings. The van der Waals surface area contributed by atoms with E-state index in [0.717, 1.165) is 35.7 Å². The van der Waals surface area contributed by atoms with E-state index in [1.165, 1.54) is 6.42 Å². The Bertz CT molecular complexity index is 663. The van der Waals surface area contributed by atoms with Gasteiger partial charge in [0.25, 0.3) is 0 Å². The van der Waals surface area contributed by atoms with Crippen LogP contribution in [0.4, 0.5) is 0 Å². The van der Waals surface area contributed by atoms with Gasteiger partial charge < -0.3 is 5.11 Å². The third kappa shape index (κ3) is 4.12. The molecule has 24 heavy (non-hydrogen) atoms. The number of hydrogen-bond acceptors (Lipinski definition) is 2. The first-order chi connectivity index (χ1) is 11.3. The van der Waals surface area contributed by atoms with Crippen LogP contribution in [0, 0.1) is 17.3 Å². The summed E-state index contributed by atoms with van der Waals surface area (Å²) >= 11 is 6.27. The predicted molar refractivity (Wildman–Crippen MR) is 102 cm³/mol. The third-order valence-corrected chi connectivity index (χ3v) is 5.54. The quantitative estimate of drug-likeness (QED) is 0.601. The fourth-order valence-electron chi connectivity index (χ4n) is 3.66. The van der Waals surface area contributed by atoms with E-state index >= 15 is 0 Å². The minimum atomic E-state index is -0.581. The standard InChI is InChI=1S/C20H31ClN2O/c1-6-7-15(9-8-13(2)3)20(4,5)19(24)17-11-16(21)10-14-12-22-23-18(14)17/h10-13,15,19,24H,6-9H2,1-5H3,(H,22,23). The molecule has 0 aliphatic carbocycles. The second-order valence-electron chi connectivity index (χ2n) is 8.01. The lowest BCUT2D eigenvalue weighted by Gasteiger charge is -2.39. The molecule has 0 saturated heterocycles. The molecule has 0 saturated carbocycles. The summed E-state index contributed by atoms with van der Waals surface area (Å²) < 4.78 is 0. The molecule has 0 bridgehead atoms. The van der Waals surface area contributed by atoms with Crippen LogP contribution in [0.5, 0.6) is 0 Å². The number of aromatic nitrogens is 2. The van der Waals surface area contributed by atoms with Gasteiger partial charge in [-0.05, 0) is 35.8 Å². The molecule has 2 aromatic rings. The molecular formula is C20H31ClN2O. The average molecular weight is 351 g/mol. The first-order valence-corrected chi connectivity index (χ1v) is 9.45. The molecule has 2 unspecified atom stereocenters. The second-order valence-corrected chi connectivity index (χ2v) is 8.45. The summed E-state index contributed by atoms with van der Waals surface area (Å²) in [6.45, 7) is 11.1. The molecule has 1 aromatic heterocycles. The summed E-state index contributed by atoms with van der Waals surface area (Å²) in [7, 11) is 0. The van der Waals surface area contributed by atoms with Crippen LogP contribution in [0.25, 0.3) is 10.9 Å². The van der Waals surface area contributed by atoms with Crippen LogP contribution in [0.3, 0.4) is 0 Å². The smallest absolute Gasteiger partial charge is 0.0864 e. The Kier molecular flexibility index (Phi) is 6.33. The Morgan fingerprint density at radius 3 is 2.54 bits per heavy atom. The van der Waals surface area contributed by atoms with Crippen LogP contribution in [-0.2, 0) is 0 Å². The fourth-order valence-corrected chi connectivity index (χ4v) is 3.89. The first kappa shape index (κ1) is 19.3. The van der Waals surface area contributed by atoms with Crippen molar-refractivity contribution in [3.8, 4) is 0 Å². The molecule has 0 radical (unpaired) electrons. The van der Waals surface area contributed by atoms with Crippen molar-refractivity contribution in [1.29, 1.82) is 0 Å². The van der Waals surface area contributed by atoms with Crippen molar-refractivity contribution in [2.75, 3.05) is 0 Å².